The molecular weight excluding hydrogens is 280 g/mol. The molecule has 0 bridgehead atoms. The molecule has 112 valence electrons. The summed E-state index contributed by atoms with van der Waals surface area (Å²) in [5.74, 6) is -0.828. The van der Waals surface area contributed by atoms with Crippen molar-refractivity contribution in [2.75, 3.05) is 5.32 Å². The van der Waals surface area contributed by atoms with Crippen LogP contribution in [0.1, 0.15) is 29.6 Å². The fraction of sp³-hybridized carbons (Fsp3) is 0.235. The van der Waals surface area contributed by atoms with Crippen molar-refractivity contribution in [1.82, 2.24) is 4.98 Å². The minimum absolute atomic E-state index is 0.0563. The number of anilines is 1. The van der Waals surface area contributed by atoms with Crippen molar-refractivity contribution in [3.05, 3.63) is 48.3 Å². The molecule has 0 spiro atoms. The second-order valence-electron chi connectivity index (χ2n) is 5.47. The number of aromatic carboxylic acids is 1. The first kappa shape index (κ1) is 14.3. The number of nitrogens with one attached hydrogen (secondary N) is 1. The highest BCUT2D eigenvalue weighted by molar-refractivity contribution is 5.94. The van der Waals surface area contributed by atoms with Crippen LogP contribution in [0.3, 0.4) is 0 Å². The van der Waals surface area contributed by atoms with Crippen LogP contribution in [-0.2, 0) is 4.79 Å². The Morgan fingerprint density at radius 1 is 1.14 bits per heavy atom. The van der Waals surface area contributed by atoms with Crippen molar-refractivity contribution in [1.29, 1.82) is 0 Å². The second kappa shape index (κ2) is 5.97. The molecule has 3 rings (SSSR count). The van der Waals surface area contributed by atoms with Crippen LogP contribution in [0.2, 0.25) is 0 Å². The molecule has 2 aromatic rings. The maximum atomic E-state index is 12.0. The Labute approximate surface area is 128 Å². The van der Waals surface area contributed by atoms with E-state index in [-0.39, 0.29) is 17.4 Å². The third-order valence-electron chi connectivity index (χ3n) is 3.92. The van der Waals surface area contributed by atoms with Crippen molar-refractivity contribution in [2.24, 2.45) is 5.92 Å². The first-order valence-electron chi connectivity index (χ1n) is 7.23. The Bertz CT molecular complexity index is 723. The van der Waals surface area contributed by atoms with Crippen molar-refractivity contribution in [2.45, 2.75) is 19.3 Å². The van der Waals surface area contributed by atoms with Gasteiger partial charge in [-0.1, -0.05) is 18.6 Å². The number of hydrogen-bond donors (Lipinski definition) is 2. The van der Waals surface area contributed by atoms with Crippen LogP contribution in [0.25, 0.3) is 11.1 Å². The fourth-order valence-electron chi connectivity index (χ4n) is 2.41. The van der Waals surface area contributed by atoms with Crippen LogP contribution in [0.5, 0.6) is 0 Å². The van der Waals surface area contributed by atoms with E-state index in [9.17, 15) is 9.59 Å². The molecule has 0 atom stereocenters. The van der Waals surface area contributed by atoms with Gasteiger partial charge >= 0.3 is 5.97 Å². The molecule has 1 amide bonds. The van der Waals surface area contributed by atoms with Gasteiger partial charge in [0.25, 0.3) is 0 Å². The summed E-state index contributed by atoms with van der Waals surface area (Å²) in [6.45, 7) is 0. The normalized spacial score (nSPS) is 14.2. The number of amides is 1. The van der Waals surface area contributed by atoms with E-state index in [4.69, 9.17) is 5.11 Å². The van der Waals surface area contributed by atoms with E-state index in [1.807, 2.05) is 24.3 Å². The number of pyridine rings is 1. The molecule has 0 radical (unpaired) electrons. The van der Waals surface area contributed by atoms with Gasteiger partial charge in [-0.3, -0.25) is 9.78 Å². The topological polar surface area (TPSA) is 79.3 Å². The van der Waals surface area contributed by atoms with Gasteiger partial charge in [-0.25, -0.2) is 4.79 Å². The number of nitrogens with zero attached hydrogens (tertiary/aromatic N) is 1. The molecule has 1 aromatic carbocycles. The van der Waals surface area contributed by atoms with E-state index in [2.05, 4.69) is 10.3 Å². The summed E-state index contributed by atoms with van der Waals surface area (Å²) in [5, 5.41) is 11.9. The Hall–Kier alpha value is -2.69. The van der Waals surface area contributed by atoms with Crippen molar-refractivity contribution >= 4 is 17.6 Å². The molecule has 5 heteroatoms. The van der Waals surface area contributed by atoms with Gasteiger partial charge in [0.2, 0.25) is 5.91 Å². The highest BCUT2D eigenvalue weighted by atomic mass is 16.4. The molecule has 0 saturated heterocycles. The van der Waals surface area contributed by atoms with Crippen LogP contribution in [-0.4, -0.2) is 22.0 Å². The molecular formula is C17H16N2O3. The number of carbonyl (C=O) groups is 2. The highest BCUT2D eigenvalue weighted by Gasteiger charge is 2.25. The van der Waals surface area contributed by atoms with Gasteiger partial charge in [0.1, 0.15) is 0 Å². The summed E-state index contributed by atoms with van der Waals surface area (Å²) in [6, 6.07) is 8.93. The average Bonchev–Trinajstić information content (AvgIpc) is 2.45. The van der Waals surface area contributed by atoms with Crippen LogP contribution < -0.4 is 5.32 Å². The first-order chi connectivity index (χ1) is 10.6. The van der Waals surface area contributed by atoms with Crippen LogP contribution in [0.15, 0.2) is 42.7 Å². The second-order valence-corrected chi connectivity index (χ2v) is 5.47. The molecule has 1 saturated carbocycles. The Balaban J connectivity index is 1.82. The molecule has 2 N–H and O–H groups in total. The van der Waals surface area contributed by atoms with Gasteiger partial charge in [-0.15, -0.1) is 0 Å². The number of carboxylic acids is 1. The summed E-state index contributed by atoms with van der Waals surface area (Å²) in [7, 11) is 0. The molecule has 5 nitrogen and oxygen atoms in total. The molecule has 1 fully saturated rings. The minimum Gasteiger partial charge on any atom is -0.478 e. The quantitative estimate of drug-likeness (QED) is 0.908. The lowest BCUT2D eigenvalue weighted by molar-refractivity contribution is -0.122. The van der Waals surface area contributed by atoms with Gasteiger partial charge in [0.15, 0.2) is 0 Å². The SMILES string of the molecule is O=C(O)c1cncc(-c2cccc(NC(=O)C3CCC3)c2)c1. The number of hydrogen-bond acceptors (Lipinski definition) is 3. The summed E-state index contributed by atoms with van der Waals surface area (Å²) < 4.78 is 0. The lowest BCUT2D eigenvalue weighted by Crippen LogP contribution is -2.27. The maximum Gasteiger partial charge on any atom is 0.337 e. The zero-order valence-corrected chi connectivity index (χ0v) is 12.0. The van der Waals surface area contributed by atoms with E-state index in [1.165, 1.54) is 6.20 Å². The lowest BCUT2D eigenvalue weighted by atomic mass is 9.85. The predicted octanol–water partition coefficient (Wildman–Crippen LogP) is 3.19. The Morgan fingerprint density at radius 3 is 2.64 bits per heavy atom. The van der Waals surface area contributed by atoms with E-state index in [0.29, 0.717) is 5.56 Å². The van der Waals surface area contributed by atoms with Gasteiger partial charge in [0, 0.05) is 29.6 Å². The van der Waals surface area contributed by atoms with E-state index < -0.39 is 5.97 Å². The Morgan fingerprint density at radius 2 is 1.95 bits per heavy atom. The third-order valence-corrected chi connectivity index (χ3v) is 3.92. The van der Waals surface area contributed by atoms with Crippen molar-refractivity contribution in [3.63, 3.8) is 0 Å². The zero-order chi connectivity index (χ0) is 15.5. The molecule has 22 heavy (non-hydrogen) atoms. The summed E-state index contributed by atoms with van der Waals surface area (Å²) in [6.07, 6.45) is 5.95. The zero-order valence-electron chi connectivity index (χ0n) is 12.0. The number of rotatable bonds is 4. The van der Waals surface area contributed by atoms with Crippen LogP contribution in [0.4, 0.5) is 5.69 Å². The number of aromatic nitrogens is 1. The lowest BCUT2D eigenvalue weighted by Gasteiger charge is -2.24. The van der Waals surface area contributed by atoms with Gasteiger partial charge in [0.05, 0.1) is 5.56 Å². The highest BCUT2D eigenvalue weighted by Crippen LogP contribution is 2.28. The van der Waals surface area contributed by atoms with Gasteiger partial charge < -0.3 is 10.4 Å². The van der Waals surface area contributed by atoms with E-state index in [0.717, 1.165) is 30.5 Å². The predicted molar refractivity (Wildman–Crippen MR) is 82.6 cm³/mol. The fourth-order valence-corrected chi connectivity index (χ4v) is 2.41. The Kier molecular flexibility index (Phi) is 3.87. The third kappa shape index (κ3) is 2.98. The molecule has 0 aliphatic heterocycles. The average molecular weight is 296 g/mol. The summed E-state index contributed by atoms with van der Waals surface area (Å²) in [4.78, 5) is 27.0. The summed E-state index contributed by atoms with van der Waals surface area (Å²) in [5.41, 5.74) is 2.39. The maximum absolute atomic E-state index is 12.0. The van der Waals surface area contributed by atoms with E-state index in [1.54, 1.807) is 12.3 Å². The van der Waals surface area contributed by atoms with Gasteiger partial charge in [-0.2, -0.15) is 0 Å². The molecule has 1 aliphatic rings. The molecule has 1 aliphatic carbocycles. The minimum atomic E-state index is -1.01. The first-order valence-corrected chi connectivity index (χ1v) is 7.23. The smallest absolute Gasteiger partial charge is 0.337 e. The molecule has 1 heterocycles. The van der Waals surface area contributed by atoms with E-state index >= 15 is 0 Å². The largest absolute Gasteiger partial charge is 0.478 e. The molecule has 0 unspecified atom stereocenters. The molecule has 1 aromatic heterocycles. The monoisotopic (exact) mass is 296 g/mol. The van der Waals surface area contributed by atoms with Crippen LogP contribution in [0, 0.1) is 5.92 Å². The van der Waals surface area contributed by atoms with Crippen LogP contribution >= 0.6 is 0 Å². The summed E-state index contributed by atoms with van der Waals surface area (Å²) >= 11 is 0. The van der Waals surface area contributed by atoms with Crippen molar-refractivity contribution < 1.29 is 14.7 Å². The standard InChI is InChI=1S/C17H16N2O3/c20-16(11-3-1-4-11)19-15-6-2-5-12(8-15)13-7-14(17(21)22)10-18-9-13/h2,5-11H,1,3-4H2,(H,19,20)(H,21,22). The number of carboxylic acid groups (broad SMARTS) is 1. The number of benzene rings is 1. The van der Waals surface area contributed by atoms with Gasteiger partial charge in [-0.05, 0) is 36.6 Å². The number of carbonyl (C=O) groups excluding carboxylic acids is 1. The van der Waals surface area contributed by atoms with Crippen molar-refractivity contribution in [3.8, 4) is 11.1 Å².